The summed E-state index contributed by atoms with van der Waals surface area (Å²) in [6, 6.07) is 7.39. The minimum Gasteiger partial charge on any atom is -0.494 e. The molecule has 5 heteroatoms. The van der Waals surface area contributed by atoms with Crippen molar-refractivity contribution in [3.8, 4) is 5.75 Å². The van der Waals surface area contributed by atoms with Gasteiger partial charge in [0.05, 0.1) is 25.2 Å². The van der Waals surface area contributed by atoms with Crippen LogP contribution in [0.3, 0.4) is 0 Å². The summed E-state index contributed by atoms with van der Waals surface area (Å²) >= 11 is 3.36. The number of halogens is 1. The van der Waals surface area contributed by atoms with Crippen molar-refractivity contribution in [3.05, 3.63) is 24.3 Å². The van der Waals surface area contributed by atoms with Crippen molar-refractivity contribution in [1.29, 1.82) is 0 Å². The molecule has 1 N–H and O–H groups in total. The molecule has 0 fully saturated rings. The first-order valence-electron chi connectivity index (χ1n) is 7.13. The van der Waals surface area contributed by atoms with E-state index in [1.807, 2.05) is 45.0 Å². The fraction of sp³-hybridized carbons (Fsp3) is 0.562. The Morgan fingerprint density at radius 1 is 1.19 bits per heavy atom. The molecule has 1 rings (SSSR count). The van der Waals surface area contributed by atoms with Crippen LogP contribution in [0, 0.1) is 0 Å². The lowest BCUT2D eigenvalue weighted by molar-refractivity contribution is -0.118. The third-order valence-electron chi connectivity index (χ3n) is 2.55. The van der Waals surface area contributed by atoms with Crippen molar-refractivity contribution in [3.63, 3.8) is 0 Å². The molecule has 0 aliphatic carbocycles. The van der Waals surface area contributed by atoms with Crippen LogP contribution < -0.4 is 10.1 Å². The number of hydrogen-bond donors (Lipinski definition) is 1. The zero-order valence-corrected chi connectivity index (χ0v) is 14.5. The lowest BCUT2D eigenvalue weighted by Crippen LogP contribution is -2.22. The maximum absolute atomic E-state index is 11.8. The van der Waals surface area contributed by atoms with Gasteiger partial charge < -0.3 is 14.8 Å². The largest absolute Gasteiger partial charge is 0.494 e. The van der Waals surface area contributed by atoms with Crippen molar-refractivity contribution in [1.82, 2.24) is 0 Å². The van der Waals surface area contributed by atoms with Gasteiger partial charge >= 0.3 is 0 Å². The molecular formula is C16H24BrNO3. The van der Waals surface area contributed by atoms with E-state index in [1.54, 1.807) is 0 Å². The standard InChI is InChI=1S/C16H24BrNO3/c1-16(2,3)21-12-9-15(19)18-13-5-7-14(8-6-13)20-11-4-10-17/h5-8H,4,9-12H2,1-3H3,(H,18,19). The molecule has 21 heavy (non-hydrogen) atoms. The summed E-state index contributed by atoms with van der Waals surface area (Å²) in [6.45, 7) is 7.02. The van der Waals surface area contributed by atoms with Crippen molar-refractivity contribution >= 4 is 27.5 Å². The van der Waals surface area contributed by atoms with E-state index in [4.69, 9.17) is 9.47 Å². The van der Waals surface area contributed by atoms with Crippen LogP contribution in [0.1, 0.15) is 33.6 Å². The third kappa shape index (κ3) is 8.73. The highest BCUT2D eigenvalue weighted by molar-refractivity contribution is 9.09. The van der Waals surface area contributed by atoms with Crippen LogP contribution in [-0.4, -0.2) is 30.1 Å². The zero-order chi connectivity index (χ0) is 15.7. The van der Waals surface area contributed by atoms with Crippen LogP contribution >= 0.6 is 15.9 Å². The average molecular weight is 358 g/mol. The molecule has 0 aliphatic heterocycles. The first kappa shape index (κ1) is 18.0. The molecule has 0 atom stereocenters. The van der Waals surface area contributed by atoms with Crippen LogP contribution in [0.4, 0.5) is 5.69 Å². The number of rotatable bonds is 8. The van der Waals surface area contributed by atoms with Crippen LogP contribution in [0.15, 0.2) is 24.3 Å². The van der Waals surface area contributed by atoms with Crippen LogP contribution in [0.2, 0.25) is 0 Å². The number of carbonyl (C=O) groups is 1. The first-order valence-corrected chi connectivity index (χ1v) is 8.25. The van der Waals surface area contributed by atoms with Gasteiger partial charge in [-0.2, -0.15) is 0 Å². The number of alkyl halides is 1. The highest BCUT2D eigenvalue weighted by Gasteiger charge is 2.11. The van der Waals surface area contributed by atoms with Gasteiger partial charge in [-0.15, -0.1) is 0 Å². The van der Waals surface area contributed by atoms with Crippen LogP contribution in [0.5, 0.6) is 5.75 Å². The lowest BCUT2D eigenvalue weighted by atomic mass is 10.2. The SMILES string of the molecule is CC(C)(C)OCCC(=O)Nc1ccc(OCCCBr)cc1. The monoisotopic (exact) mass is 357 g/mol. The van der Waals surface area contributed by atoms with Crippen molar-refractivity contribution in [2.24, 2.45) is 0 Å². The van der Waals surface area contributed by atoms with E-state index in [9.17, 15) is 4.79 Å². The molecule has 0 saturated carbocycles. The Bertz CT molecular complexity index is 426. The molecule has 4 nitrogen and oxygen atoms in total. The van der Waals surface area contributed by atoms with E-state index in [0.717, 1.165) is 23.2 Å². The molecule has 0 bridgehead atoms. The molecule has 0 heterocycles. The smallest absolute Gasteiger partial charge is 0.226 e. The normalized spacial score (nSPS) is 11.2. The molecule has 1 amide bonds. The second kappa shape index (κ2) is 9.05. The number of benzene rings is 1. The number of nitrogens with one attached hydrogen (secondary N) is 1. The van der Waals surface area contributed by atoms with Gasteiger partial charge in [-0.05, 0) is 51.5 Å². The van der Waals surface area contributed by atoms with Crippen LogP contribution in [0.25, 0.3) is 0 Å². The van der Waals surface area contributed by atoms with Gasteiger partial charge in [0, 0.05) is 11.0 Å². The second-order valence-electron chi connectivity index (χ2n) is 5.67. The fourth-order valence-corrected chi connectivity index (χ4v) is 1.78. The summed E-state index contributed by atoms with van der Waals surface area (Å²) in [5, 5.41) is 3.77. The Morgan fingerprint density at radius 2 is 1.86 bits per heavy atom. The summed E-state index contributed by atoms with van der Waals surface area (Å²) in [5.41, 5.74) is 0.553. The molecule has 118 valence electrons. The summed E-state index contributed by atoms with van der Waals surface area (Å²) in [4.78, 5) is 11.8. The predicted molar refractivity (Wildman–Crippen MR) is 89.3 cm³/mol. The van der Waals surface area contributed by atoms with Gasteiger partial charge in [-0.25, -0.2) is 0 Å². The number of amides is 1. The minimum atomic E-state index is -0.214. The van der Waals surface area contributed by atoms with Gasteiger partial charge in [0.25, 0.3) is 0 Å². The van der Waals surface area contributed by atoms with Crippen molar-refractivity contribution in [2.75, 3.05) is 23.9 Å². The molecule has 0 saturated heterocycles. The van der Waals surface area contributed by atoms with Gasteiger partial charge in [-0.3, -0.25) is 4.79 Å². The second-order valence-corrected chi connectivity index (χ2v) is 6.47. The van der Waals surface area contributed by atoms with Crippen molar-refractivity contribution < 1.29 is 14.3 Å². The molecular weight excluding hydrogens is 334 g/mol. The summed E-state index contributed by atoms with van der Waals surface area (Å²) < 4.78 is 11.1. The predicted octanol–water partition coefficient (Wildman–Crippen LogP) is 3.99. The Hall–Kier alpha value is -1.07. The molecule has 0 radical (unpaired) electrons. The van der Waals surface area contributed by atoms with Crippen LogP contribution in [-0.2, 0) is 9.53 Å². The number of carbonyl (C=O) groups excluding carboxylic acids is 1. The number of anilines is 1. The average Bonchev–Trinajstić information content (AvgIpc) is 2.39. The van der Waals surface area contributed by atoms with E-state index < -0.39 is 0 Å². The summed E-state index contributed by atoms with van der Waals surface area (Å²) in [7, 11) is 0. The lowest BCUT2D eigenvalue weighted by Gasteiger charge is -2.19. The maximum atomic E-state index is 11.8. The Labute approximate surface area is 135 Å². The molecule has 0 unspecified atom stereocenters. The molecule has 0 spiro atoms. The highest BCUT2D eigenvalue weighted by atomic mass is 79.9. The van der Waals surface area contributed by atoms with E-state index in [-0.39, 0.29) is 11.5 Å². The molecule has 0 aromatic heterocycles. The minimum absolute atomic E-state index is 0.0489. The molecule has 1 aromatic rings. The third-order valence-corrected chi connectivity index (χ3v) is 3.11. The Balaban J connectivity index is 2.32. The van der Waals surface area contributed by atoms with E-state index in [0.29, 0.717) is 19.6 Å². The van der Waals surface area contributed by atoms with Gasteiger partial charge in [-0.1, -0.05) is 15.9 Å². The zero-order valence-electron chi connectivity index (χ0n) is 12.9. The Morgan fingerprint density at radius 3 is 2.43 bits per heavy atom. The summed E-state index contributed by atoms with van der Waals surface area (Å²) in [6.07, 6.45) is 1.31. The maximum Gasteiger partial charge on any atom is 0.226 e. The summed E-state index contributed by atoms with van der Waals surface area (Å²) in [5.74, 6) is 0.761. The first-order chi connectivity index (χ1) is 9.90. The van der Waals surface area contributed by atoms with Gasteiger partial charge in [0.15, 0.2) is 0 Å². The highest BCUT2D eigenvalue weighted by Crippen LogP contribution is 2.16. The molecule has 1 aromatic carbocycles. The molecule has 0 aliphatic rings. The fourth-order valence-electron chi connectivity index (χ4n) is 1.55. The number of ether oxygens (including phenoxy) is 2. The van der Waals surface area contributed by atoms with Gasteiger partial charge in [0.1, 0.15) is 5.75 Å². The number of hydrogen-bond acceptors (Lipinski definition) is 3. The van der Waals surface area contributed by atoms with Gasteiger partial charge in [0.2, 0.25) is 5.91 Å². The quantitative estimate of drug-likeness (QED) is 0.565. The topological polar surface area (TPSA) is 47.6 Å². The Kier molecular flexibility index (Phi) is 7.75. The van der Waals surface area contributed by atoms with E-state index in [1.165, 1.54) is 0 Å². The van der Waals surface area contributed by atoms with E-state index >= 15 is 0 Å². The van der Waals surface area contributed by atoms with E-state index in [2.05, 4.69) is 21.2 Å². The van der Waals surface area contributed by atoms with Crippen molar-refractivity contribution in [2.45, 2.75) is 39.2 Å².